The van der Waals surface area contributed by atoms with Crippen molar-refractivity contribution in [2.75, 3.05) is 12.9 Å². The Bertz CT molecular complexity index is 1080. The third-order valence-corrected chi connectivity index (χ3v) is 5.29. The van der Waals surface area contributed by atoms with E-state index in [1.807, 2.05) is 47.2 Å². The van der Waals surface area contributed by atoms with Crippen molar-refractivity contribution in [1.29, 1.82) is 0 Å². The Balaban J connectivity index is 1.38. The summed E-state index contributed by atoms with van der Waals surface area (Å²) < 4.78 is 7.05. The van der Waals surface area contributed by atoms with Crippen LogP contribution in [-0.4, -0.2) is 38.4 Å². The van der Waals surface area contributed by atoms with E-state index in [0.29, 0.717) is 16.3 Å². The number of thioether (sulfide) groups is 1. The topological polar surface area (TPSA) is 69.9 Å². The summed E-state index contributed by atoms with van der Waals surface area (Å²) >= 11 is 1.37. The molecule has 0 radical (unpaired) electrons. The van der Waals surface area contributed by atoms with Gasteiger partial charge in [0.15, 0.2) is 5.78 Å². The van der Waals surface area contributed by atoms with Gasteiger partial charge in [0.2, 0.25) is 0 Å². The van der Waals surface area contributed by atoms with Gasteiger partial charge in [-0.3, -0.25) is 4.79 Å². The van der Waals surface area contributed by atoms with Crippen LogP contribution < -0.4 is 4.74 Å². The first-order valence-corrected chi connectivity index (χ1v) is 9.94. The number of methoxy groups -OCH3 is 1. The number of aromatic nitrogens is 4. The van der Waals surface area contributed by atoms with E-state index in [1.54, 1.807) is 43.9 Å². The number of hydrogen-bond acceptors (Lipinski definition) is 6. The second kappa shape index (κ2) is 8.70. The fourth-order valence-electron chi connectivity index (χ4n) is 2.77. The van der Waals surface area contributed by atoms with E-state index in [2.05, 4.69) is 15.2 Å². The summed E-state index contributed by atoms with van der Waals surface area (Å²) in [6, 6.07) is 18.9. The summed E-state index contributed by atoms with van der Waals surface area (Å²) in [4.78, 5) is 16.4. The predicted molar refractivity (Wildman–Crippen MR) is 113 cm³/mol. The van der Waals surface area contributed by atoms with E-state index in [4.69, 9.17) is 4.74 Å². The van der Waals surface area contributed by atoms with Crippen LogP contribution in [0.3, 0.4) is 0 Å². The van der Waals surface area contributed by atoms with E-state index in [9.17, 15) is 4.79 Å². The summed E-state index contributed by atoms with van der Waals surface area (Å²) in [5, 5.41) is 9.26. The molecule has 0 atom stereocenters. The first-order chi connectivity index (χ1) is 14.2. The summed E-state index contributed by atoms with van der Waals surface area (Å²) in [5.74, 6) is 1.08. The summed E-state index contributed by atoms with van der Waals surface area (Å²) in [7, 11) is 1.60. The number of ketones is 1. The van der Waals surface area contributed by atoms with Gasteiger partial charge in [0, 0.05) is 29.2 Å². The van der Waals surface area contributed by atoms with Crippen LogP contribution in [0.5, 0.6) is 5.75 Å². The molecule has 0 aliphatic carbocycles. The lowest BCUT2D eigenvalue weighted by Gasteiger charge is -2.05. The maximum Gasteiger partial charge on any atom is 0.173 e. The second-order valence-electron chi connectivity index (χ2n) is 6.21. The van der Waals surface area contributed by atoms with Crippen molar-refractivity contribution in [3.63, 3.8) is 0 Å². The van der Waals surface area contributed by atoms with Crippen molar-refractivity contribution in [2.24, 2.45) is 0 Å². The van der Waals surface area contributed by atoms with E-state index in [-0.39, 0.29) is 5.78 Å². The van der Waals surface area contributed by atoms with Crippen LogP contribution >= 0.6 is 11.8 Å². The lowest BCUT2D eigenvalue weighted by Crippen LogP contribution is -2.02. The number of rotatable bonds is 7. The summed E-state index contributed by atoms with van der Waals surface area (Å²) in [5.41, 5.74) is 3.45. The molecule has 7 heteroatoms. The first-order valence-electron chi connectivity index (χ1n) is 8.95. The molecule has 0 aliphatic heterocycles. The van der Waals surface area contributed by atoms with Gasteiger partial charge in [-0.2, -0.15) is 0 Å². The molecule has 2 aromatic carbocycles. The molecular formula is C22H18N4O2S. The van der Waals surface area contributed by atoms with Crippen molar-refractivity contribution >= 4 is 17.5 Å². The Morgan fingerprint density at radius 3 is 2.41 bits per heavy atom. The van der Waals surface area contributed by atoms with Crippen LogP contribution in [0.25, 0.3) is 16.9 Å². The SMILES string of the molecule is COc1ccc(C(=O)CSc2ccc(-c3ccc(-n4ccnc4)cc3)nn2)cc1. The van der Waals surface area contributed by atoms with Crippen LogP contribution in [0, 0.1) is 0 Å². The Hall–Kier alpha value is -3.45. The van der Waals surface area contributed by atoms with Crippen molar-refractivity contribution in [3.05, 3.63) is 84.9 Å². The number of nitrogens with zero attached hydrogens (tertiary/aromatic N) is 4. The molecule has 2 aromatic heterocycles. The highest BCUT2D eigenvalue weighted by Gasteiger charge is 2.09. The number of imidazole rings is 1. The molecule has 6 nitrogen and oxygen atoms in total. The standard InChI is InChI=1S/C22H18N4O2S/c1-28-19-8-4-17(5-9-19)21(27)14-29-22-11-10-20(24-25-22)16-2-6-18(7-3-16)26-13-12-23-15-26/h2-13,15H,14H2,1H3. The van der Waals surface area contributed by atoms with Gasteiger partial charge in [-0.25, -0.2) is 4.98 Å². The average molecular weight is 402 g/mol. The summed E-state index contributed by atoms with van der Waals surface area (Å²) in [6.45, 7) is 0. The van der Waals surface area contributed by atoms with E-state index >= 15 is 0 Å². The van der Waals surface area contributed by atoms with Crippen molar-refractivity contribution < 1.29 is 9.53 Å². The Labute approximate surface area is 172 Å². The molecule has 0 saturated carbocycles. The number of carbonyl (C=O) groups is 1. The Morgan fingerprint density at radius 2 is 1.79 bits per heavy atom. The summed E-state index contributed by atoms with van der Waals surface area (Å²) in [6.07, 6.45) is 5.40. The Kier molecular flexibility index (Phi) is 5.67. The molecule has 0 aliphatic rings. The lowest BCUT2D eigenvalue weighted by molar-refractivity contribution is 0.102. The number of benzene rings is 2. The van der Waals surface area contributed by atoms with Gasteiger partial charge in [-0.15, -0.1) is 10.2 Å². The normalized spacial score (nSPS) is 10.7. The smallest absolute Gasteiger partial charge is 0.173 e. The molecule has 4 rings (SSSR count). The minimum absolute atomic E-state index is 0.0404. The molecule has 2 heterocycles. The lowest BCUT2D eigenvalue weighted by atomic mass is 10.1. The molecule has 0 N–H and O–H groups in total. The van der Waals surface area contributed by atoms with E-state index < -0.39 is 0 Å². The zero-order chi connectivity index (χ0) is 20.1. The maximum atomic E-state index is 12.3. The highest BCUT2D eigenvalue weighted by atomic mass is 32.2. The largest absolute Gasteiger partial charge is 0.497 e. The van der Waals surface area contributed by atoms with Crippen molar-refractivity contribution in [2.45, 2.75) is 5.03 Å². The van der Waals surface area contributed by atoms with Crippen LogP contribution in [-0.2, 0) is 0 Å². The highest BCUT2D eigenvalue weighted by molar-refractivity contribution is 7.99. The molecule has 0 bridgehead atoms. The number of hydrogen-bond donors (Lipinski definition) is 0. The second-order valence-corrected chi connectivity index (χ2v) is 7.21. The molecule has 0 saturated heterocycles. The van der Waals surface area contributed by atoms with E-state index in [0.717, 1.165) is 22.7 Å². The van der Waals surface area contributed by atoms with Crippen LogP contribution in [0.15, 0.2) is 84.4 Å². The van der Waals surface area contributed by atoms with Gasteiger partial charge in [0.05, 0.1) is 24.9 Å². The average Bonchev–Trinajstić information content (AvgIpc) is 3.33. The first kappa shape index (κ1) is 18.9. The molecule has 144 valence electrons. The van der Waals surface area contributed by atoms with Crippen LogP contribution in [0.4, 0.5) is 0 Å². The van der Waals surface area contributed by atoms with Crippen LogP contribution in [0.2, 0.25) is 0 Å². The van der Waals surface area contributed by atoms with Crippen molar-refractivity contribution in [1.82, 2.24) is 19.7 Å². The fourth-order valence-corrected chi connectivity index (χ4v) is 3.48. The molecule has 0 fully saturated rings. The molecule has 4 aromatic rings. The molecule has 0 spiro atoms. The predicted octanol–water partition coefficient (Wildman–Crippen LogP) is 4.31. The van der Waals surface area contributed by atoms with Gasteiger partial charge in [0.1, 0.15) is 10.8 Å². The minimum Gasteiger partial charge on any atom is -0.497 e. The molecule has 29 heavy (non-hydrogen) atoms. The van der Waals surface area contributed by atoms with Crippen LogP contribution in [0.1, 0.15) is 10.4 Å². The number of carbonyl (C=O) groups excluding carboxylic acids is 1. The fraction of sp³-hybridized carbons (Fsp3) is 0.0909. The van der Waals surface area contributed by atoms with Crippen molar-refractivity contribution in [3.8, 4) is 22.7 Å². The van der Waals surface area contributed by atoms with Gasteiger partial charge >= 0.3 is 0 Å². The van der Waals surface area contributed by atoms with E-state index in [1.165, 1.54) is 11.8 Å². The number of Topliss-reactive ketones (excluding diaryl/α,β-unsaturated/α-hetero) is 1. The number of ether oxygens (including phenoxy) is 1. The molecule has 0 amide bonds. The minimum atomic E-state index is 0.0404. The third kappa shape index (κ3) is 4.52. The zero-order valence-electron chi connectivity index (χ0n) is 15.7. The monoisotopic (exact) mass is 402 g/mol. The quantitative estimate of drug-likeness (QED) is 0.339. The highest BCUT2D eigenvalue weighted by Crippen LogP contribution is 2.22. The maximum absolute atomic E-state index is 12.3. The molecular weight excluding hydrogens is 384 g/mol. The Morgan fingerprint density at radius 1 is 1.00 bits per heavy atom. The molecule has 0 unspecified atom stereocenters. The van der Waals surface area contributed by atoms with Gasteiger partial charge in [-0.1, -0.05) is 23.9 Å². The van der Waals surface area contributed by atoms with Gasteiger partial charge < -0.3 is 9.30 Å². The third-order valence-electron chi connectivity index (χ3n) is 4.37. The van der Waals surface area contributed by atoms with Gasteiger partial charge in [0.25, 0.3) is 0 Å². The van der Waals surface area contributed by atoms with Gasteiger partial charge in [-0.05, 0) is 48.5 Å². The zero-order valence-corrected chi connectivity index (χ0v) is 16.5.